The Morgan fingerprint density at radius 2 is 1.33 bits per heavy atom. The average molecular weight is 645 g/mol. The van der Waals surface area contributed by atoms with Crippen molar-refractivity contribution >= 4 is 17.7 Å². The Kier molecular flexibility index (Phi) is 18.0. The molecule has 0 aliphatic carbocycles. The number of unbranched alkanes of at least 4 members (excludes halogenated alkanes) is 4. The van der Waals surface area contributed by atoms with Crippen LogP contribution in [0.4, 0.5) is 0 Å². The molecule has 45 heavy (non-hydrogen) atoms. The van der Waals surface area contributed by atoms with Gasteiger partial charge in [0.25, 0.3) is 0 Å². The number of carboxylic acid groups (broad SMARTS) is 1. The molecule has 0 bridgehead atoms. The van der Waals surface area contributed by atoms with E-state index in [1.165, 1.54) is 11.1 Å². The molecule has 3 rings (SSSR count). The summed E-state index contributed by atoms with van der Waals surface area (Å²) in [5.41, 5.74) is 3.57. The fraction of sp³-hybridized carbons (Fsp3) is 0.649. The third kappa shape index (κ3) is 12.9. The summed E-state index contributed by atoms with van der Waals surface area (Å²) in [5.74, 6) is -0.433. The highest BCUT2D eigenvalue weighted by Gasteiger charge is 2.48. The number of ether oxygens (including phenoxy) is 5. The number of thioether (sulfide) groups is 1. The minimum Gasteiger partial charge on any atom is -0.482 e. The lowest BCUT2D eigenvalue weighted by molar-refractivity contribution is -0.149. The van der Waals surface area contributed by atoms with Gasteiger partial charge in [-0.2, -0.15) is 0 Å². The Bertz CT molecular complexity index is 1080. The molecular formula is C37H56O7S. The van der Waals surface area contributed by atoms with Gasteiger partial charge in [-0.15, -0.1) is 11.8 Å². The molecule has 7 nitrogen and oxygen atoms in total. The average Bonchev–Trinajstić information content (AvgIpc) is 3.04. The topological polar surface area (TPSA) is 83.5 Å². The summed E-state index contributed by atoms with van der Waals surface area (Å²) < 4.78 is 31.7. The van der Waals surface area contributed by atoms with Gasteiger partial charge in [0.05, 0.1) is 17.1 Å². The lowest BCUT2D eigenvalue weighted by atomic mass is 9.94. The van der Waals surface area contributed by atoms with Gasteiger partial charge in [-0.1, -0.05) is 89.8 Å². The number of benzene rings is 2. The fourth-order valence-electron chi connectivity index (χ4n) is 5.39. The molecule has 0 unspecified atom stereocenters. The third-order valence-electron chi connectivity index (χ3n) is 7.96. The van der Waals surface area contributed by atoms with Crippen molar-refractivity contribution < 1.29 is 33.6 Å². The lowest BCUT2D eigenvalue weighted by Crippen LogP contribution is -2.55. The quantitative estimate of drug-likeness (QED) is 0.121. The Hall–Kier alpha value is -2.10. The van der Waals surface area contributed by atoms with Crippen molar-refractivity contribution in [3.63, 3.8) is 0 Å². The van der Waals surface area contributed by atoms with Gasteiger partial charge in [-0.25, -0.2) is 4.79 Å². The number of hydrogen-bond donors (Lipinski definition) is 1. The van der Waals surface area contributed by atoms with Crippen LogP contribution in [0.1, 0.15) is 101 Å². The molecule has 1 aliphatic rings. The molecule has 1 saturated heterocycles. The molecule has 1 heterocycles. The summed E-state index contributed by atoms with van der Waals surface area (Å²) in [4.78, 5) is 10.8. The minimum absolute atomic E-state index is 0.0750. The smallest absolute Gasteiger partial charge is 0.341 e. The highest BCUT2D eigenvalue weighted by molar-refractivity contribution is 8.00. The number of carboxylic acids is 1. The molecule has 2 aromatic carbocycles. The molecule has 252 valence electrons. The number of aliphatic carboxylic acids is 1. The van der Waals surface area contributed by atoms with Crippen LogP contribution in [-0.2, 0) is 30.2 Å². The summed E-state index contributed by atoms with van der Waals surface area (Å²) in [5, 5.41) is 9.10. The van der Waals surface area contributed by atoms with Gasteiger partial charge < -0.3 is 28.8 Å². The zero-order chi connectivity index (χ0) is 32.3. The molecule has 5 atom stereocenters. The molecule has 0 amide bonds. The maximum atomic E-state index is 10.8. The molecule has 1 N–H and O–H groups in total. The van der Waals surface area contributed by atoms with Crippen molar-refractivity contribution in [2.24, 2.45) is 0 Å². The molecular weight excluding hydrogens is 588 g/mol. The molecule has 1 aliphatic heterocycles. The van der Waals surface area contributed by atoms with E-state index in [1.54, 1.807) is 0 Å². The lowest BCUT2D eigenvalue weighted by Gasteiger charge is -2.46. The predicted octanol–water partition coefficient (Wildman–Crippen LogP) is 8.27. The number of carbonyl (C=O) groups is 1. The van der Waals surface area contributed by atoms with Crippen LogP contribution < -0.4 is 4.74 Å². The Morgan fingerprint density at radius 1 is 0.733 bits per heavy atom. The molecule has 0 radical (unpaired) electrons. The van der Waals surface area contributed by atoms with Crippen LogP contribution in [0, 0.1) is 0 Å². The van der Waals surface area contributed by atoms with Gasteiger partial charge in [0.2, 0.25) is 0 Å². The van der Waals surface area contributed by atoms with Crippen molar-refractivity contribution in [2.75, 3.05) is 39.6 Å². The molecule has 1 fully saturated rings. The van der Waals surface area contributed by atoms with Crippen LogP contribution in [-0.4, -0.2) is 74.3 Å². The number of rotatable bonds is 23. The first-order chi connectivity index (χ1) is 22.0. The minimum atomic E-state index is -0.986. The SMILES string of the molecule is CCCCOC[C@H]1S[C@@H](c2cccc(Cc3ccc(OCC(=O)O)cc3)c2)[C@H](OCCCC)[C@@H](OCCCC)[C@@H]1OCCCC. The van der Waals surface area contributed by atoms with Gasteiger partial charge in [0.15, 0.2) is 6.61 Å². The molecule has 0 saturated carbocycles. The second-order valence-electron chi connectivity index (χ2n) is 11.8. The molecule has 0 aromatic heterocycles. The second kappa shape index (κ2) is 21.6. The maximum absolute atomic E-state index is 10.8. The first-order valence-electron chi connectivity index (χ1n) is 17.1. The van der Waals surface area contributed by atoms with Gasteiger partial charge in [-0.05, 0) is 60.9 Å². The van der Waals surface area contributed by atoms with E-state index in [1.807, 2.05) is 36.0 Å². The fourth-order valence-corrected chi connectivity index (χ4v) is 7.02. The molecule has 2 aromatic rings. The summed E-state index contributed by atoms with van der Waals surface area (Å²) in [6, 6.07) is 16.5. The van der Waals surface area contributed by atoms with Crippen LogP contribution >= 0.6 is 11.8 Å². The monoisotopic (exact) mass is 644 g/mol. The Balaban J connectivity index is 1.90. The van der Waals surface area contributed by atoms with Crippen LogP contribution in [0.15, 0.2) is 48.5 Å². The molecule has 0 spiro atoms. The van der Waals surface area contributed by atoms with E-state index in [4.69, 9.17) is 28.8 Å². The van der Waals surface area contributed by atoms with Crippen LogP contribution in [0.3, 0.4) is 0 Å². The zero-order valence-electron chi connectivity index (χ0n) is 27.9. The zero-order valence-corrected chi connectivity index (χ0v) is 28.7. The highest BCUT2D eigenvalue weighted by atomic mass is 32.2. The van der Waals surface area contributed by atoms with E-state index in [2.05, 4.69) is 52.0 Å². The second-order valence-corrected chi connectivity index (χ2v) is 13.2. The third-order valence-corrected chi connectivity index (χ3v) is 9.54. The van der Waals surface area contributed by atoms with E-state index in [0.29, 0.717) is 32.2 Å². The van der Waals surface area contributed by atoms with Crippen molar-refractivity contribution in [1.29, 1.82) is 0 Å². The number of hydrogen-bond acceptors (Lipinski definition) is 7. The Morgan fingerprint density at radius 3 is 1.96 bits per heavy atom. The van der Waals surface area contributed by atoms with Crippen molar-refractivity contribution in [2.45, 2.75) is 114 Å². The summed E-state index contributed by atoms with van der Waals surface area (Å²) >= 11 is 1.92. The maximum Gasteiger partial charge on any atom is 0.341 e. The van der Waals surface area contributed by atoms with Crippen molar-refractivity contribution in [3.05, 3.63) is 65.2 Å². The van der Waals surface area contributed by atoms with Crippen molar-refractivity contribution in [1.82, 2.24) is 0 Å². The summed E-state index contributed by atoms with van der Waals surface area (Å²) in [6.45, 7) is 11.9. The van der Waals surface area contributed by atoms with Crippen LogP contribution in [0.25, 0.3) is 0 Å². The van der Waals surface area contributed by atoms with Crippen LogP contribution in [0.2, 0.25) is 0 Å². The van der Waals surface area contributed by atoms with Crippen molar-refractivity contribution in [3.8, 4) is 5.75 Å². The summed E-state index contributed by atoms with van der Waals surface area (Å²) in [6.07, 6.45) is 8.76. The summed E-state index contributed by atoms with van der Waals surface area (Å²) in [7, 11) is 0. The van der Waals surface area contributed by atoms with E-state index in [-0.39, 0.29) is 35.4 Å². The first-order valence-corrected chi connectivity index (χ1v) is 18.0. The van der Waals surface area contributed by atoms with E-state index in [9.17, 15) is 4.79 Å². The van der Waals surface area contributed by atoms with Gasteiger partial charge in [0, 0.05) is 26.4 Å². The largest absolute Gasteiger partial charge is 0.482 e. The van der Waals surface area contributed by atoms with E-state index < -0.39 is 5.97 Å². The van der Waals surface area contributed by atoms with Gasteiger partial charge in [0.1, 0.15) is 24.1 Å². The first kappa shape index (κ1) is 37.4. The van der Waals surface area contributed by atoms with Gasteiger partial charge in [-0.3, -0.25) is 0 Å². The van der Waals surface area contributed by atoms with E-state index >= 15 is 0 Å². The van der Waals surface area contributed by atoms with Crippen LogP contribution in [0.5, 0.6) is 5.75 Å². The standard InChI is InChI=1S/C37H56O7S/c1-5-9-20-40-26-32-34(41-21-10-6-2)35(42-22-11-7-3)36(43-23-12-8-4)37(45-32)30-15-13-14-29(25-30)24-28-16-18-31(19-17-28)44-27-33(38)39/h13-19,25,32,34-37H,5-12,20-24,26-27H2,1-4H3,(H,38,39)/t32-,34-,35+,36-,37+/m1/s1. The Labute approximate surface area is 275 Å². The highest BCUT2D eigenvalue weighted by Crippen LogP contribution is 2.47. The van der Waals surface area contributed by atoms with Gasteiger partial charge >= 0.3 is 5.97 Å². The van der Waals surface area contributed by atoms with E-state index in [0.717, 1.165) is 70.0 Å². The normalized spacial score (nSPS) is 21.6. The molecule has 8 heteroatoms. The predicted molar refractivity (Wildman–Crippen MR) is 183 cm³/mol.